The number of hydrogen-bond acceptors (Lipinski definition) is 2. The van der Waals surface area contributed by atoms with Crippen LogP contribution in [-0.2, 0) is 0 Å². The van der Waals surface area contributed by atoms with Crippen LogP contribution in [0.3, 0.4) is 0 Å². The molecule has 0 saturated heterocycles. The third kappa shape index (κ3) is 5.78. The molecule has 4 rings (SSSR count). The molecular formula is C28H48N2OU. The first-order valence-electron chi connectivity index (χ1n) is 13.1. The van der Waals surface area contributed by atoms with Gasteiger partial charge in [0, 0.05) is 0 Å². The Labute approximate surface area is 222 Å². The van der Waals surface area contributed by atoms with Gasteiger partial charge in [0.05, 0.1) is 6.10 Å². The molecule has 0 amide bonds. The van der Waals surface area contributed by atoms with Gasteiger partial charge in [-0.05, 0) is 106 Å². The van der Waals surface area contributed by atoms with Crippen LogP contribution in [0.5, 0.6) is 0 Å². The summed E-state index contributed by atoms with van der Waals surface area (Å²) in [4.78, 5) is 0. The van der Waals surface area contributed by atoms with Gasteiger partial charge in [0.1, 0.15) is 0 Å². The van der Waals surface area contributed by atoms with E-state index in [-0.39, 0.29) is 37.2 Å². The van der Waals surface area contributed by atoms with Gasteiger partial charge in [0.2, 0.25) is 0 Å². The molecule has 3 nitrogen and oxygen atoms in total. The van der Waals surface area contributed by atoms with Crippen molar-refractivity contribution in [3.05, 3.63) is 23.5 Å². The first-order valence-corrected chi connectivity index (χ1v) is 13.1. The normalized spacial score (nSPS) is 39.9. The van der Waals surface area contributed by atoms with Crippen molar-refractivity contribution in [1.82, 2.24) is 5.32 Å². The second kappa shape index (κ2) is 12.4. The number of rotatable bonds is 6. The van der Waals surface area contributed by atoms with Gasteiger partial charge in [-0.1, -0.05) is 38.8 Å². The van der Waals surface area contributed by atoms with Crippen LogP contribution >= 0.6 is 0 Å². The molecule has 0 aliphatic heterocycles. The number of aliphatic hydroxyl groups excluding tert-OH is 1. The van der Waals surface area contributed by atoms with Crippen LogP contribution in [0.15, 0.2) is 11.6 Å². The summed E-state index contributed by atoms with van der Waals surface area (Å²) in [6.45, 7) is 10.1. The molecule has 2 N–H and O–H groups in total. The summed E-state index contributed by atoms with van der Waals surface area (Å²) in [7, 11) is 2.00. The molecule has 0 bridgehead atoms. The Morgan fingerprint density at radius 2 is 1.88 bits per heavy atom. The van der Waals surface area contributed by atoms with E-state index >= 15 is 0 Å². The Morgan fingerprint density at radius 3 is 2.53 bits per heavy atom. The number of aliphatic hydroxyl groups is 1. The topological polar surface area (TPSA) is 54.6 Å². The molecule has 0 heterocycles. The maximum Gasteiger partial charge on any atom is 2.00 e. The van der Waals surface area contributed by atoms with Crippen LogP contribution in [0.25, 0.3) is 5.41 Å². The van der Waals surface area contributed by atoms with Crippen molar-refractivity contribution >= 4 is 5.71 Å². The third-order valence-electron chi connectivity index (χ3n) is 9.76. The fourth-order valence-electron chi connectivity index (χ4n) is 8.05. The van der Waals surface area contributed by atoms with Gasteiger partial charge < -0.3 is 22.3 Å². The fourth-order valence-corrected chi connectivity index (χ4v) is 8.05. The second-order valence-corrected chi connectivity index (χ2v) is 11.5. The van der Waals surface area contributed by atoms with Crippen molar-refractivity contribution in [3.63, 3.8) is 0 Å². The first kappa shape index (κ1) is 28.6. The zero-order chi connectivity index (χ0) is 22.6. The number of nitrogens with zero attached hydrogens (tertiary/aromatic N) is 1. The third-order valence-corrected chi connectivity index (χ3v) is 9.76. The molecule has 3 saturated carbocycles. The van der Waals surface area contributed by atoms with Gasteiger partial charge in [0.25, 0.3) is 0 Å². The maximum atomic E-state index is 10.2. The number of allylic oxidation sites excluding steroid dienone is 1. The van der Waals surface area contributed by atoms with Crippen molar-refractivity contribution < 1.29 is 36.2 Å². The average molecular weight is 667 g/mol. The minimum atomic E-state index is -0.203. The zero-order valence-corrected chi connectivity index (χ0v) is 25.6. The van der Waals surface area contributed by atoms with E-state index in [1.807, 2.05) is 14.0 Å². The number of unbranched alkanes of at least 4 members (excludes halogenated alkanes) is 3. The summed E-state index contributed by atoms with van der Waals surface area (Å²) in [6.07, 6.45) is 17.8. The Morgan fingerprint density at radius 1 is 1.12 bits per heavy atom. The summed E-state index contributed by atoms with van der Waals surface area (Å²) < 4.78 is 0. The molecular weight excluding hydrogens is 618 g/mol. The van der Waals surface area contributed by atoms with Crippen molar-refractivity contribution in [2.45, 2.75) is 104 Å². The summed E-state index contributed by atoms with van der Waals surface area (Å²) in [5.74, 6) is 2.84. The van der Waals surface area contributed by atoms with Crippen LogP contribution in [0.2, 0.25) is 0 Å². The van der Waals surface area contributed by atoms with Gasteiger partial charge in [-0.2, -0.15) is 13.3 Å². The van der Waals surface area contributed by atoms with Crippen LogP contribution < -0.4 is 5.32 Å². The van der Waals surface area contributed by atoms with E-state index in [2.05, 4.69) is 38.6 Å². The summed E-state index contributed by atoms with van der Waals surface area (Å²) >= 11 is 0. The molecule has 0 radical (unpaired) electrons. The predicted molar refractivity (Wildman–Crippen MR) is 133 cm³/mol. The van der Waals surface area contributed by atoms with Crippen molar-refractivity contribution in [2.75, 3.05) is 13.6 Å². The van der Waals surface area contributed by atoms with E-state index in [4.69, 9.17) is 0 Å². The predicted octanol–water partition coefficient (Wildman–Crippen LogP) is 6.56. The Bertz CT molecular complexity index is 643. The van der Waals surface area contributed by atoms with E-state index in [0.29, 0.717) is 22.5 Å². The van der Waals surface area contributed by atoms with Gasteiger partial charge in [-0.15, -0.1) is 0 Å². The first-order chi connectivity index (χ1) is 14.8. The Kier molecular flexibility index (Phi) is 11.1. The van der Waals surface area contributed by atoms with E-state index in [0.717, 1.165) is 30.7 Å². The molecule has 4 heteroatoms. The SMILES string of the molecule is CC(=[N-])[C@H]1CC[C@H]2[C@@H]3CCC4=C[C@@H](O)CC[C@]4(C)[C@H]3CC[C@]12C.C[CH-]CCCCNC.[U+2]. The van der Waals surface area contributed by atoms with Crippen LogP contribution in [-0.4, -0.2) is 30.5 Å². The quantitative estimate of drug-likeness (QED) is 0.146. The molecule has 0 aromatic rings. The zero-order valence-electron chi connectivity index (χ0n) is 21.4. The molecule has 32 heavy (non-hydrogen) atoms. The van der Waals surface area contributed by atoms with E-state index in [1.54, 1.807) is 5.57 Å². The van der Waals surface area contributed by atoms with Crippen LogP contribution in [0.4, 0.5) is 0 Å². The minimum Gasteiger partial charge on any atom is -0.811 e. The monoisotopic (exact) mass is 666 g/mol. The number of fused-ring (bicyclic) bond motifs is 5. The summed E-state index contributed by atoms with van der Waals surface area (Å²) in [5, 5.41) is 23.4. The largest absolute Gasteiger partial charge is 2.00 e. The molecule has 0 aromatic heterocycles. The molecule has 4 aliphatic rings. The van der Waals surface area contributed by atoms with Crippen LogP contribution in [0, 0.1) is 72.0 Å². The van der Waals surface area contributed by atoms with Crippen molar-refractivity contribution in [3.8, 4) is 0 Å². The average Bonchev–Trinajstić information content (AvgIpc) is 3.10. The Balaban J connectivity index is 0.000000350. The number of hydrogen-bond donors (Lipinski definition) is 2. The molecule has 0 spiro atoms. The number of nitrogens with one attached hydrogen (secondary N) is 1. The van der Waals surface area contributed by atoms with Gasteiger partial charge in [-0.3, -0.25) is 0 Å². The van der Waals surface area contributed by atoms with E-state index in [9.17, 15) is 10.5 Å². The molecule has 0 unspecified atom stereocenters. The fraction of sp³-hybridized carbons (Fsp3) is 0.857. The molecule has 0 aromatic carbocycles. The Hall–Kier alpha value is 0.382. The smallest absolute Gasteiger partial charge is 0.811 e. The van der Waals surface area contributed by atoms with E-state index < -0.39 is 0 Å². The summed E-state index contributed by atoms with van der Waals surface area (Å²) in [6, 6.07) is 0. The van der Waals surface area contributed by atoms with Gasteiger partial charge >= 0.3 is 31.1 Å². The maximum absolute atomic E-state index is 10.2. The minimum absolute atomic E-state index is 0. The van der Waals surface area contributed by atoms with Crippen molar-refractivity contribution in [1.29, 1.82) is 0 Å². The second-order valence-electron chi connectivity index (χ2n) is 11.5. The molecule has 7 atom stereocenters. The molecule has 180 valence electrons. The van der Waals surface area contributed by atoms with Crippen molar-refractivity contribution in [2.24, 2.45) is 34.5 Å². The molecule has 3 fully saturated rings. The van der Waals surface area contributed by atoms with E-state index in [1.165, 1.54) is 64.2 Å². The van der Waals surface area contributed by atoms with Gasteiger partial charge in [-0.25, -0.2) is 5.71 Å². The standard InChI is InChI=1S/C21H32NO.C7H16N.U/c1-13(22)17-6-7-18-16-5-4-14-12-15(23)8-10-20(14,2)19(16)9-11-21(17,18)3;1-3-4-5-6-7-8-2;/h12,15-19,23H,4-11H2,1-3H3;3,8H,4-7H2,1-2H3;/q2*-1;+2/t15-,16-,17+,18-,19-,20-,21+;;/m0../s1. The summed E-state index contributed by atoms with van der Waals surface area (Å²) in [5.41, 5.74) is 2.89. The molecule has 4 aliphatic carbocycles. The van der Waals surface area contributed by atoms with Crippen LogP contribution in [0.1, 0.15) is 98.3 Å². The van der Waals surface area contributed by atoms with Gasteiger partial charge in [0.15, 0.2) is 0 Å².